The Kier molecular flexibility index (Phi) is 5.53. The minimum atomic E-state index is -3.19. The second-order valence-electron chi connectivity index (χ2n) is 5.98. The van der Waals surface area contributed by atoms with Crippen molar-refractivity contribution in [2.24, 2.45) is 4.99 Å². The van der Waals surface area contributed by atoms with Crippen LogP contribution in [-0.2, 0) is 19.4 Å². The molecule has 0 aromatic heterocycles. The number of hydrogen-bond acceptors (Lipinski definition) is 5. The molecule has 1 amide bonds. The van der Waals surface area contributed by atoms with E-state index in [0.717, 1.165) is 0 Å². The third kappa shape index (κ3) is 4.33. The minimum Gasteiger partial charge on any atom is -0.481 e. The number of halogens is 2. The van der Waals surface area contributed by atoms with Gasteiger partial charge in [0.1, 0.15) is 0 Å². The molecule has 11 heteroatoms. The van der Waals surface area contributed by atoms with Crippen LogP contribution in [0.1, 0.15) is 12.8 Å². The van der Waals surface area contributed by atoms with Gasteiger partial charge in [0.2, 0.25) is 5.91 Å². The first-order chi connectivity index (χ1) is 12.1. The molecule has 0 radical (unpaired) electrons. The summed E-state index contributed by atoms with van der Waals surface area (Å²) in [5, 5.41) is 9.51. The van der Waals surface area contributed by atoms with Gasteiger partial charge in [-0.25, -0.2) is 8.42 Å². The lowest BCUT2D eigenvalue weighted by molar-refractivity contribution is -0.138. The molecule has 3 rings (SSSR count). The molecule has 0 spiro atoms. The van der Waals surface area contributed by atoms with Gasteiger partial charge in [0.25, 0.3) is 0 Å². The number of aliphatic carboxylic acids is 1. The molecule has 0 aliphatic carbocycles. The summed E-state index contributed by atoms with van der Waals surface area (Å²) in [6.07, 6.45) is -0.540. The van der Waals surface area contributed by atoms with E-state index in [1.54, 1.807) is 23.1 Å². The predicted molar refractivity (Wildman–Crippen MR) is 102 cm³/mol. The normalized spacial score (nSPS) is 25.5. The fraction of sp³-hybridized carbons (Fsp3) is 0.400. The molecular weight excluding hydrogens is 423 g/mol. The molecule has 7 nitrogen and oxygen atoms in total. The zero-order valence-electron chi connectivity index (χ0n) is 13.3. The summed E-state index contributed by atoms with van der Waals surface area (Å²) in [7, 11) is -3.19. The monoisotopic (exact) mass is 436 g/mol. The maximum absolute atomic E-state index is 12.0. The van der Waals surface area contributed by atoms with Crippen LogP contribution < -0.4 is 4.90 Å². The van der Waals surface area contributed by atoms with Crippen LogP contribution in [0.3, 0.4) is 0 Å². The smallest absolute Gasteiger partial charge is 0.303 e. The van der Waals surface area contributed by atoms with Crippen LogP contribution in [-0.4, -0.2) is 53.4 Å². The van der Waals surface area contributed by atoms with Gasteiger partial charge in [-0.3, -0.25) is 9.59 Å². The van der Waals surface area contributed by atoms with E-state index >= 15 is 0 Å². The molecule has 2 atom stereocenters. The fourth-order valence-electron chi connectivity index (χ4n) is 2.92. The molecule has 2 fully saturated rings. The highest BCUT2D eigenvalue weighted by Crippen LogP contribution is 2.42. The van der Waals surface area contributed by atoms with Crippen LogP contribution in [0.4, 0.5) is 5.69 Å². The van der Waals surface area contributed by atoms with E-state index < -0.39 is 21.7 Å². The Hall–Kier alpha value is -1.29. The first-order valence-electron chi connectivity index (χ1n) is 7.60. The van der Waals surface area contributed by atoms with Crippen LogP contribution in [0, 0.1) is 0 Å². The van der Waals surface area contributed by atoms with Gasteiger partial charge in [-0.1, -0.05) is 35.0 Å². The topological polar surface area (TPSA) is 104 Å². The largest absolute Gasteiger partial charge is 0.481 e. The van der Waals surface area contributed by atoms with E-state index in [1.165, 1.54) is 11.8 Å². The summed E-state index contributed by atoms with van der Waals surface area (Å²) in [5.74, 6) is -1.72. The lowest BCUT2D eigenvalue weighted by Gasteiger charge is -2.24. The van der Waals surface area contributed by atoms with Gasteiger partial charge in [-0.15, -0.1) is 0 Å². The zero-order valence-corrected chi connectivity index (χ0v) is 16.4. The molecular formula is C15H14Cl2N2O5S2. The molecule has 0 bridgehead atoms. The minimum absolute atomic E-state index is 0.00450. The van der Waals surface area contributed by atoms with Gasteiger partial charge in [0.05, 0.1) is 24.0 Å². The number of sulfone groups is 1. The molecule has 1 N–H and O–H groups in total. The summed E-state index contributed by atoms with van der Waals surface area (Å²) in [5.41, 5.74) is 0.546. The number of amidine groups is 1. The van der Waals surface area contributed by atoms with Crippen LogP contribution in [0.15, 0.2) is 23.2 Å². The zero-order chi connectivity index (χ0) is 19.1. The average molecular weight is 437 g/mol. The van der Waals surface area contributed by atoms with Gasteiger partial charge in [-0.2, -0.15) is 4.99 Å². The lowest BCUT2D eigenvalue weighted by atomic mass is 10.2. The summed E-state index contributed by atoms with van der Waals surface area (Å²) >= 11 is 13.3. The Bertz CT molecular complexity index is 883. The molecule has 2 saturated heterocycles. The number of benzene rings is 1. The van der Waals surface area contributed by atoms with Crippen molar-refractivity contribution in [2.45, 2.75) is 24.1 Å². The Morgan fingerprint density at radius 3 is 2.46 bits per heavy atom. The fourth-order valence-corrected chi connectivity index (χ4v) is 7.37. The van der Waals surface area contributed by atoms with Crippen LogP contribution in [0.5, 0.6) is 0 Å². The van der Waals surface area contributed by atoms with Crippen molar-refractivity contribution < 1.29 is 23.1 Å². The number of amides is 1. The molecule has 0 saturated carbocycles. The number of carbonyl (C=O) groups excluding carboxylic acids is 1. The van der Waals surface area contributed by atoms with Crippen molar-refractivity contribution in [1.82, 2.24) is 0 Å². The number of hydrogen-bond donors (Lipinski definition) is 1. The summed E-state index contributed by atoms with van der Waals surface area (Å²) < 4.78 is 24.0. The van der Waals surface area contributed by atoms with E-state index in [1.807, 2.05) is 0 Å². The van der Waals surface area contributed by atoms with Crippen molar-refractivity contribution in [3.63, 3.8) is 0 Å². The first-order valence-corrected chi connectivity index (χ1v) is 11.1. The third-order valence-electron chi connectivity index (χ3n) is 3.97. The number of carboxylic acid groups (broad SMARTS) is 1. The second kappa shape index (κ2) is 7.38. The molecule has 1 aromatic carbocycles. The molecule has 26 heavy (non-hydrogen) atoms. The molecule has 2 aliphatic rings. The molecule has 0 unspecified atom stereocenters. The van der Waals surface area contributed by atoms with Crippen molar-refractivity contribution in [2.75, 3.05) is 16.4 Å². The van der Waals surface area contributed by atoms with E-state index in [4.69, 9.17) is 28.3 Å². The Morgan fingerprint density at radius 2 is 1.85 bits per heavy atom. The summed E-state index contributed by atoms with van der Waals surface area (Å²) in [6, 6.07) is 4.41. The van der Waals surface area contributed by atoms with Gasteiger partial charge >= 0.3 is 5.97 Å². The second-order valence-corrected chi connectivity index (χ2v) is 10.2. The van der Waals surface area contributed by atoms with E-state index in [2.05, 4.69) is 4.99 Å². The Balaban J connectivity index is 1.96. The summed E-state index contributed by atoms with van der Waals surface area (Å²) in [4.78, 5) is 28.3. The molecule has 2 heterocycles. The van der Waals surface area contributed by atoms with Crippen molar-refractivity contribution >= 4 is 67.5 Å². The first kappa shape index (κ1) is 19.5. The number of fused-ring (bicyclic) bond motifs is 1. The maximum Gasteiger partial charge on any atom is 0.303 e. The third-order valence-corrected chi connectivity index (χ3v) is 7.61. The number of carbonyl (C=O) groups is 2. The van der Waals surface area contributed by atoms with E-state index in [9.17, 15) is 18.0 Å². The maximum atomic E-state index is 12.0. The van der Waals surface area contributed by atoms with Gasteiger partial charge < -0.3 is 10.0 Å². The van der Waals surface area contributed by atoms with E-state index in [-0.39, 0.29) is 35.6 Å². The predicted octanol–water partition coefficient (Wildman–Crippen LogP) is 2.46. The van der Waals surface area contributed by atoms with Gasteiger partial charge in [-0.05, 0) is 18.2 Å². The van der Waals surface area contributed by atoms with Crippen molar-refractivity contribution in [1.29, 1.82) is 0 Å². The van der Waals surface area contributed by atoms with Crippen molar-refractivity contribution in [3.8, 4) is 0 Å². The number of aliphatic imine (C=N–C) groups is 1. The number of thioether (sulfide) groups is 1. The molecule has 140 valence electrons. The highest BCUT2D eigenvalue weighted by molar-refractivity contribution is 8.16. The number of carboxylic acids is 1. The van der Waals surface area contributed by atoms with Gasteiger partial charge in [0, 0.05) is 27.4 Å². The average Bonchev–Trinajstić information content (AvgIpc) is 2.94. The SMILES string of the molecule is O=C(O)CCC(=O)N=C1S[C@@H]2CS(=O)(=O)C[C@H]2N1c1cc(Cl)cc(Cl)c1. The van der Waals surface area contributed by atoms with Crippen LogP contribution >= 0.6 is 35.0 Å². The summed E-state index contributed by atoms with van der Waals surface area (Å²) in [6.45, 7) is 0. The van der Waals surface area contributed by atoms with E-state index in [0.29, 0.717) is 20.9 Å². The van der Waals surface area contributed by atoms with Crippen molar-refractivity contribution in [3.05, 3.63) is 28.2 Å². The number of nitrogens with zero attached hydrogens (tertiary/aromatic N) is 2. The quantitative estimate of drug-likeness (QED) is 0.772. The molecule has 1 aromatic rings. The highest BCUT2D eigenvalue weighted by atomic mass is 35.5. The standard InChI is InChI=1S/C15H14Cl2N2O5S2/c16-8-3-9(17)5-10(4-8)19-11-6-26(23,24)7-12(11)25-15(19)18-13(20)1-2-14(21)22/h3-5,11-12H,1-2,6-7H2,(H,21,22)/t11-,12-/m1/s1. The molecule has 2 aliphatic heterocycles. The highest BCUT2D eigenvalue weighted by Gasteiger charge is 2.49. The Morgan fingerprint density at radius 1 is 1.19 bits per heavy atom. The van der Waals surface area contributed by atoms with Crippen LogP contribution in [0.25, 0.3) is 0 Å². The number of anilines is 1. The Labute approximate surface area is 164 Å². The number of rotatable bonds is 4. The lowest BCUT2D eigenvalue weighted by Crippen LogP contribution is -2.37. The van der Waals surface area contributed by atoms with Crippen LogP contribution in [0.2, 0.25) is 10.0 Å². The van der Waals surface area contributed by atoms with Gasteiger partial charge in [0.15, 0.2) is 15.0 Å².